The van der Waals surface area contributed by atoms with Crippen LogP contribution >= 0.6 is 0 Å². The number of nitrogens with zero attached hydrogens (tertiary/aromatic N) is 1. The van der Waals surface area contributed by atoms with E-state index in [1.807, 2.05) is 0 Å². The van der Waals surface area contributed by atoms with Crippen LogP contribution in [0.25, 0.3) is 0 Å². The molecule has 2 rings (SSSR count). The summed E-state index contributed by atoms with van der Waals surface area (Å²) in [5.74, 6) is 0.774. The van der Waals surface area contributed by atoms with Crippen molar-refractivity contribution < 1.29 is 8.42 Å². The van der Waals surface area contributed by atoms with Gasteiger partial charge in [-0.05, 0) is 19.3 Å². The van der Waals surface area contributed by atoms with Crippen molar-refractivity contribution in [2.75, 3.05) is 31.1 Å². The number of hydrogen-bond acceptors (Lipinski definition) is 4. The molecule has 94 valence electrons. The van der Waals surface area contributed by atoms with E-state index >= 15 is 0 Å². The Morgan fingerprint density at radius 2 is 2.25 bits per heavy atom. The van der Waals surface area contributed by atoms with Gasteiger partial charge in [-0.1, -0.05) is 6.92 Å². The molecule has 0 radical (unpaired) electrons. The molecule has 4 nitrogen and oxygen atoms in total. The monoisotopic (exact) mass is 246 g/mol. The van der Waals surface area contributed by atoms with E-state index in [0.29, 0.717) is 17.5 Å². The second kappa shape index (κ2) is 5.02. The summed E-state index contributed by atoms with van der Waals surface area (Å²) in [5, 5.41) is 3.47. The van der Waals surface area contributed by atoms with Crippen molar-refractivity contribution in [1.29, 1.82) is 0 Å². The molecule has 2 heterocycles. The Hall–Kier alpha value is -0.130. The Balaban J connectivity index is 1.96. The molecule has 2 saturated heterocycles. The van der Waals surface area contributed by atoms with Crippen LogP contribution in [0.2, 0.25) is 0 Å². The molecule has 0 aromatic carbocycles. The zero-order valence-corrected chi connectivity index (χ0v) is 10.8. The standard InChI is InChI=1S/C11H22N2O2S/c1-2-10-8-13(6-5-12-10)11-4-3-7-16(14,15)9-11/h10-12H,2-9H2,1H3. The third-order valence-electron chi connectivity index (χ3n) is 3.74. The normalized spacial score (nSPS) is 36.1. The van der Waals surface area contributed by atoms with Crippen LogP contribution in [0.4, 0.5) is 0 Å². The van der Waals surface area contributed by atoms with Crippen LogP contribution in [0.15, 0.2) is 0 Å². The summed E-state index contributed by atoms with van der Waals surface area (Å²) in [6.07, 6.45) is 3.01. The summed E-state index contributed by atoms with van der Waals surface area (Å²) in [6, 6.07) is 0.813. The topological polar surface area (TPSA) is 49.4 Å². The molecule has 0 amide bonds. The number of sulfone groups is 1. The molecule has 0 saturated carbocycles. The average molecular weight is 246 g/mol. The maximum Gasteiger partial charge on any atom is 0.151 e. The van der Waals surface area contributed by atoms with Gasteiger partial charge in [-0.2, -0.15) is 0 Å². The van der Waals surface area contributed by atoms with Crippen LogP contribution in [0.3, 0.4) is 0 Å². The summed E-state index contributed by atoms with van der Waals surface area (Å²) in [4.78, 5) is 2.38. The molecule has 2 atom stereocenters. The van der Waals surface area contributed by atoms with Gasteiger partial charge < -0.3 is 5.32 Å². The summed E-state index contributed by atoms with van der Waals surface area (Å²) < 4.78 is 23.2. The maximum absolute atomic E-state index is 11.6. The zero-order chi connectivity index (χ0) is 11.6. The first-order valence-electron chi connectivity index (χ1n) is 6.28. The van der Waals surface area contributed by atoms with Gasteiger partial charge in [-0.15, -0.1) is 0 Å². The Morgan fingerprint density at radius 1 is 1.44 bits per heavy atom. The number of rotatable bonds is 2. The molecule has 0 aromatic rings. The Kier molecular flexibility index (Phi) is 3.87. The van der Waals surface area contributed by atoms with Crippen molar-refractivity contribution in [3.05, 3.63) is 0 Å². The summed E-state index contributed by atoms with van der Waals surface area (Å²) in [6.45, 7) is 5.18. The molecule has 1 N–H and O–H groups in total. The fourth-order valence-electron chi connectivity index (χ4n) is 2.74. The van der Waals surface area contributed by atoms with Gasteiger partial charge in [0.05, 0.1) is 11.5 Å². The summed E-state index contributed by atoms with van der Waals surface area (Å²) in [5.41, 5.74) is 0. The molecule has 2 unspecified atom stereocenters. The maximum atomic E-state index is 11.6. The van der Waals surface area contributed by atoms with Gasteiger partial charge in [-0.3, -0.25) is 4.90 Å². The minimum atomic E-state index is -2.77. The van der Waals surface area contributed by atoms with Gasteiger partial charge in [0.2, 0.25) is 0 Å². The molecule has 0 aromatic heterocycles. The lowest BCUT2D eigenvalue weighted by molar-refractivity contribution is 0.143. The predicted molar refractivity (Wildman–Crippen MR) is 65.3 cm³/mol. The number of hydrogen-bond donors (Lipinski definition) is 1. The molecule has 5 heteroatoms. The Labute approximate surface area is 98.3 Å². The second-order valence-corrected chi connectivity index (χ2v) is 7.19. The zero-order valence-electron chi connectivity index (χ0n) is 9.98. The Bertz CT molecular complexity index is 329. The molecule has 16 heavy (non-hydrogen) atoms. The van der Waals surface area contributed by atoms with Crippen LogP contribution in [0.1, 0.15) is 26.2 Å². The Morgan fingerprint density at radius 3 is 2.94 bits per heavy atom. The minimum absolute atomic E-state index is 0.273. The highest BCUT2D eigenvalue weighted by Crippen LogP contribution is 2.19. The van der Waals surface area contributed by atoms with Crippen molar-refractivity contribution in [2.45, 2.75) is 38.3 Å². The van der Waals surface area contributed by atoms with Crippen LogP contribution in [0.5, 0.6) is 0 Å². The fraction of sp³-hybridized carbons (Fsp3) is 1.00. The number of piperazine rings is 1. The van der Waals surface area contributed by atoms with E-state index < -0.39 is 9.84 Å². The van der Waals surface area contributed by atoms with Gasteiger partial charge in [0.25, 0.3) is 0 Å². The molecular weight excluding hydrogens is 224 g/mol. The first-order chi connectivity index (χ1) is 7.61. The van der Waals surface area contributed by atoms with Crippen LogP contribution in [-0.4, -0.2) is 56.5 Å². The predicted octanol–water partition coefficient (Wildman–Crippen LogP) is 0.247. The van der Waals surface area contributed by atoms with E-state index in [1.54, 1.807) is 0 Å². The molecule has 2 aliphatic heterocycles. The lowest BCUT2D eigenvalue weighted by Crippen LogP contribution is -2.56. The first kappa shape index (κ1) is 12.3. The molecule has 0 bridgehead atoms. The van der Waals surface area contributed by atoms with E-state index in [2.05, 4.69) is 17.1 Å². The van der Waals surface area contributed by atoms with E-state index in [1.165, 1.54) is 0 Å². The van der Waals surface area contributed by atoms with Crippen molar-refractivity contribution in [3.63, 3.8) is 0 Å². The van der Waals surface area contributed by atoms with Crippen LogP contribution in [0, 0.1) is 0 Å². The largest absolute Gasteiger partial charge is 0.311 e. The first-order valence-corrected chi connectivity index (χ1v) is 8.11. The fourth-order valence-corrected chi connectivity index (χ4v) is 4.48. The van der Waals surface area contributed by atoms with Crippen molar-refractivity contribution in [1.82, 2.24) is 10.2 Å². The van der Waals surface area contributed by atoms with Gasteiger partial charge in [0.1, 0.15) is 0 Å². The SMILES string of the molecule is CCC1CN(C2CCCS(=O)(=O)C2)CCN1. The van der Waals surface area contributed by atoms with Crippen molar-refractivity contribution >= 4 is 9.84 Å². The highest BCUT2D eigenvalue weighted by molar-refractivity contribution is 7.91. The lowest BCUT2D eigenvalue weighted by atomic mass is 10.1. The highest BCUT2D eigenvalue weighted by atomic mass is 32.2. The molecule has 2 fully saturated rings. The third-order valence-corrected chi connectivity index (χ3v) is 5.54. The molecule has 2 aliphatic rings. The lowest BCUT2D eigenvalue weighted by Gasteiger charge is -2.40. The van der Waals surface area contributed by atoms with E-state index in [-0.39, 0.29) is 6.04 Å². The van der Waals surface area contributed by atoms with Gasteiger partial charge in [0, 0.05) is 31.7 Å². The van der Waals surface area contributed by atoms with Gasteiger partial charge >= 0.3 is 0 Å². The van der Waals surface area contributed by atoms with Crippen LogP contribution < -0.4 is 5.32 Å². The quantitative estimate of drug-likeness (QED) is 0.759. The third kappa shape index (κ3) is 2.96. The molecule has 0 spiro atoms. The van der Waals surface area contributed by atoms with Gasteiger partial charge in [0.15, 0.2) is 9.84 Å². The molecular formula is C11H22N2O2S. The summed E-state index contributed by atoms with van der Waals surface area (Å²) in [7, 11) is -2.77. The molecule has 0 aliphatic carbocycles. The van der Waals surface area contributed by atoms with Gasteiger partial charge in [-0.25, -0.2) is 8.42 Å². The average Bonchev–Trinajstić information content (AvgIpc) is 2.28. The smallest absolute Gasteiger partial charge is 0.151 e. The van der Waals surface area contributed by atoms with Crippen LogP contribution in [-0.2, 0) is 9.84 Å². The van der Waals surface area contributed by atoms with E-state index in [4.69, 9.17) is 0 Å². The van der Waals surface area contributed by atoms with Crippen molar-refractivity contribution in [2.24, 2.45) is 0 Å². The number of nitrogens with one attached hydrogen (secondary N) is 1. The minimum Gasteiger partial charge on any atom is -0.311 e. The van der Waals surface area contributed by atoms with E-state index in [9.17, 15) is 8.42 Å². The van der Waals surface area contributed by atoms with E-state index in [0.717, 1.165) is 38.9 Å². The highest BCUT2D eigenvalue weighted by Gasteiger charge is 2.31. The van der Waals surface area contributed by atoms with Crippen molar-refractivity contribution in [3.8, 4) is 0 Å². The summed E-state index contributed by atoms with van der Waals surface area (Å²) >= 11 is 0. The second-order valence-electron chi connectivity index (χ2n) is 4.96.